The molecule has 0 saturated carbocycles. The zero-order valence-corrected chi connectivity index (χ0v) is 13.0. The molecule has 0 aromatic carbocycles. The highest BCUT2D eigenvalue weighted by Crippen LogP contribution is 2.16. The predicted molar refractivity (Wildman–Crippen MR) is 83.0 cm³/mol. The van der Waals surface area contributed by atoms with Crippen LogP contribution in [0, 0.1) is 0 Å². The Hall–Kier alpha value is -2.12. The molecule has 0 aliphatic heterocycles. The van der Waals surface area contributed by atoms with Gasteiger partial charge < -0.3 is 19.1 Å². The molecule has 0 bridgehead atoms. The second-order valence-corrected chi connectivity index (χ2v) is 4.49. The van der Waals surface area contributed by atoms with Crippen molar-refractivity contribution >= 4 is 29.3 Å². The zero-order chi connectivity index (χ0) is 15.4. The number of carboxylic acid groups (broad SMARTS) is 1. The van der Waals surface area contributed by atoms with Crippen LogP contribution in [0.2, 0.25) is 0 Å². The Balaban J connectivity index is 0.00000242. The maximum atomic E-state index is 12.3. The Morgan fingerprint density at radius 2 is 2.18 bits per heavy atom. The standard InChI is InChI=1S/C14H16N2O5.ClH/c1-9(14(18)19)16-4-3-12-11(13(16)17)7-10(8-15-12)21-6-5-20-2;/h3-4,7-9H,5-6H2,1-2H3,(H,18,19);1H/t9-;/m1./s1. The normalized spacial score (nSPS) is 11.7. The van der Waals surface area contributed by atoms with Gasteiger partial charge in [-0.1, -0.05) is 0 Å². The number of carbonyl (C=O) groups is 1. The first-order chi connectivity index (χ1) is 10.0. The molecule has 2 aromatic heterocycles. The Kier molecular flexibility index (Phi) is 6.33. The van der Waals surface area contributed by atoms with Crippen LogP contribution in [0.3, 0.4) is 0 Å². The number of pyridine rings is 2. The summed E-state index contributed by atoms with van der Waals surface area (Å²) in [5, 5.41) is 9.34. The van der Waals surface area contributed by atoms with Crippen molar-refractivity contribution in [3.8, 4) is 5.75 Å². The molecule has 22 heavy (non-hydrogen) atoms. The number of methoxy groups -OCH3 is 1. The van der Waals surface area contributed by atoms with Crippen molar-refractivity contribution in [1.82, 2.24) is 9.55 Å². The van der Waals surface area contributed by atoms with Crippen molar-refractivity contribution in [2.75, 3.05) is 20.3 Å². The van der Waals surface area contributed by atoms with Gasteiger partial charge in [-0.3, -0.25) is 9.78 Å². The van der Waals surface area contributed by atoms with E-state index in [2.05, 4.69) is 4.98 Å². The lowest BCUT2D eigenvalue weighted by Crippen LogP contribution is -2.27. The molecule has 0 spiro atoms. The van der Waals surface area contributed by atoms with Gasteiger partial charge in [0.15, 0.2) is 0 Å². The quantitative estimate of drug-likeness (QED) is 0.808. The number of nitrogens with zero attached hydrogens (tertiary/aromatic N) is 2. The van der Waals surface area contributed by atoms with E-state index in [9.17, 15) is 9.59 Å². The minimum Gasteiger partial charge on any atom is -0.490 e. The summed E-state index contributed by atoms with van der Waals surface area (Å²) in [7, 11) is 1.56. The summed E-state index contributed by atoms with van der Waals surface area (Å²) in [6.07, 6.45) is 2.95. The maximum Gasteiger partial charge on any atom is 0.326 e. The smallest absolute Gasteiger partial charge is 0.326 e. The Morgan fingerprint density at radius 1 is 1.45 bits per heavy atom. The van der Waals surface area contributed by atoms with Gasteiger partial charge in [-0.2, -0.15) is 0 Å². The number of aromatic nitrogens is 2. The van der Waals surface area contributed by atoms with Crippen LogP contribution in [0.1, 0.15) is 13.0 Å². The first-order valence-corrected chi connectivity index (χ1v) is 6.40. The summed E-state index contributed by atoms with van der Waals surface area (Å²) in [4.78, 5) is 27.5. The van der Waals surface area contributed by atoms with E-state index in [4.69, 9.17) is 14.6 Å². The monoisotopic (exact) mass is 328 g/mol. The van der Waals surface area contributed by atoms with E-state index in [0.29, 0.717) is 29.9 Å². The van der Waals surface area contributed by atoms with Gasteiger partial charge in [0.2, 0.25) is 0 Å². The first-order valence-electron chi connectivity index (χ1n) is 6.40. The van der Waals surface area contributed by atoms with Crippen LogP contribution in [-0.4, -0.2) is 41.0 Å². The molecule has 1 atom stereocenters. The zero-order valence-electron chi connectivity index (χ0n) is 12.2. The van der Waals surface area contributed by atoms with Gasteiger partial charge in [-0.15, -0.1) is 12.4 Å². The minimum absolute atomic E-state index is 0. The lowest BCUT2D eigenvalue weighted by Gasteiger charge is -2.11. The van der Waals surface area contributed by atoms with Gasteiger partial charge in [0.1, 0.15) is 18.4 Å². The molecule has 0 unspecified atom stereocenters. The minimum atomic E-state index is -1.07. The van der Waals surface area contributed by atoms with Crippen molar-refractivity contribution in [3.05, 3.63) is 34.9 Å². The fourth-order valence-corrected chi connectivity index (χ4v) is 1.86. The Labute approximate surface area is 132 Å². The van der Waals surface area contributed by atoms with E-state index in [0.717, 1.165) is 4.57 Å². The highest BCUT2D eigenvalue weighted by atomic mass is 35.5. The average molecular weight is 329 g/mol. The highest BCUT2D eigenvalue weighted by Gasteiger charge is 2.16. The summed E-state index contributed by atoms with van der Waals surface area (Å²) in [5.41, 5.74) is 0.0834. The van der Waals surface area contributed by atoms with Crippen LogP contribution in [-0.2, 0) is 9.53 Å². The molecular formula is C14H17ClN2O5. The molecule has 120 valence electrons. The summed E-state index contributed by atoms with van der Waals surface area (Å²) in [6, 6.07) is 2.22. The van der Waals surface area contributed by atoms with Gasteiger partial charge >= 0.3 is 5.97 Å². The van der Waals surface area contributed by atoms with E-state index >= 15 is 0 Å². The molecule has 2 aromatic rings. The lowest BCUT2D eigenvalue weighted by atomic mass is 10.2. The Morgan fingerprint density at radius 3 is 2.82 bits per heavy atom. The average Bonchev–Trinajstić information content (AvgIpc) is 2.47. The topological polar surface area (TPSA) is 90.7 Å². The van der Waals surface area contributed by atoms with Gasteiger partial charge in [0, 0.05) is 13.3 Å². The number of aliphatic carboxylic acids is 1. The van der Waals surface area contributed by atoms with Gasteiger partial charge in [0.05, 0.1) is 23.7 Å². The summed E-state index contributed by atoms with van der Waals surface area (Å²) >= 11 is 0. The molecule has 0 radical (unpaired) electrons. The number of rotatable bonds is 6. The molecule has 0 fully saturated rings. The molecule has 0 saturated heterocycles. The van der Waals surface area contributed by atoms with Crippen molar-refractivity contribution in [2.24, 2.45) is 0 Å². The molecule has 0 aliphatic carbocycles. The van der Waals surface area contributed by atoms with Gasteiger partial charge in [-0.25, -0.2) is 4.79 Å². The van der Waals surface area contributed by atoms with Crippen LogP contribution in [0.5, 0.6) is 5.75 Å². The third kappa shape index (κ3) is 3.75. The van der Waals surface area contributed by atoms with Crippen molar-refractivity contribution in [3.63, 3.8) is 0 Å². The molecule has 0 amide bonds. The SMILES string of the molecule is COCCOc1cnc2ccn([C@H](C)C(=O)O)c(=O)c2c1.Cl. The fraction of sp³-hybridized carbons (Fsp3) is 0.357. The van der Waals surface area contributed by atoms with Crippen LogP contribution in [0.25, 0.3) is 10.9 Å². The summed E-state index contributed by atoms with van der Waals surface area (Å²) < 4.78 is 11.4. The van der Waals surface area contributed by atoms with Crippen molar-refractivity contribution in [2.45, 2.75) is 13.0 Å². The van der Waals surface area contributed by atoms with Gasteiger partial charge in [0.25, 0.3) is 5.56 Å². The number of halogens is 1. The van der Waals surface area contributed by atoms with E-state index < -0.39 is 17.6 Å². The first kappa shape index (κ1) is 17.9. The maximum absolute atomic E-state index is 12.3. The number of fused-ring (bicyclic) bond motifs is 1. The molecule has 2 heterocycles. The molecule has 2 rings (SSSR count). The summed E-state index contributed by atoms with van der Waals surface area (Å²) in [6.45, 7) is 2.21. The Bertz CT molecular complexity index is 716. The molecule has 7 nitrogen and oxygen atoms in total. The van der Waals surface area contributed by atoms with E-state index in [-0.39, 0.29) is 12.4 Å². The predicted octanol–water partition coefficient (Wildman–Crippen LogP) is 1.49. The van der Waals surface area contributed by atoms with Crippen LogP contribution in [0.15, 0.2) is 29.3 Å². The van der Waals surface area contributed by atoms with Crippen LogP contribution in [0.4, 0.5) is 0 Å². The van der Waals surface area contributed by atoms with E-state index in [1.165, 1.54) is 19.3 Å². The molecular weight excluding hydrogens is 312 g/mol. The fourth-order valence-electron chi connectivity index (χ4n) is 1.86. The molecule has 8 heteroatoms. The van der Waals surface area contributed by atoms with Crippen molar-refractivity contribution < 1.29 is 19.4 Å². The highest BCUT2D eigenvalue weighted by molar-refractivity contribution is 5.85. The second kappa shape index (κ2) is 7.77. The number of carboxylic acids is 1. The lowest BCUT2D eigenvalue weighted by molar-refractivity contribution is -0.140. The summed E-state index contributed by atoms with van der Waals surface area (Å²) in [5.74, 6) is -0.630. The van der Waals surface area contributed by atoms with Crippen LogP contribution >= 0.6 is 12.4 Å². The largest absolute Gasteiger partial charge is 0.490 e. The number of ether oxygens (including phenoxy) is 2. The molecule has 1 N–H and O–H groups in total. The van der Waals surface area contributed by atoms with E-state index in [1.807, 2.05) is 0 Å². The van der Waals surface area contributed by atoms with E-state index in [1.54, 1.807) is 19.2 Å². The third-order valence-corrected chi connectivity index (χ3v) is 3.08. The second-order valence-electron chi connectivity index (χ2n) is 4.49. The number of hydrogen-bond acceptors (Lipinski definition) is 5. The van der Waals surface area contributed by atoms with Gasteiger partial charge in [-0.05, 0) is 19.1 Å². The third-order valence-electron chi connectivity index (χ3n) is 3.08. The molecule has 0 aliphatic rings. The van der Waals surface area contributed by atoms with Crippen molar-refractivity contribution in [1.29, 1.82) is 0 Å². The van der Waals surface area contributed by atoms with Crippen LogP contribution < -0.4 is 10.3 Å². The number of hydrogen-bond donors (Lipinski definition) is 1.